The molecule has 2 fully saturated rings. The summed E-state index contributed by atoms with van der Waals surface area (Å²) in [6, 6.07) is 25.7. The molecule has 0 aliphatic carbocycles. The Bertz CT molecular complexity index is 940. The Balaban J connectivity index is 1.16. The lowest BCUT2D eigenvalue weighted by molar-refractivity contribution is 0.119. The molecule has 154 valence electrons. The van der Waals surface area contributed by atoms with Gasteiger partial charge in [0, 0.05) is 0 Å². The molecule has 0 amide bonds. The van der Waals surface area contributed by atoms with Crippen molar-refractivity contribution in [1.29, 1.82) is 0 Å². The minimum Gasteiger partial charge on any atom is -0.491 e. The van der Waals surface area contributed by atoms with E-state index in [0.717, 1.165) is 38.6 Å². The second-order valence-electron chi connectivity index (χ2n) is 7.85. The molecule has 0 N–H and O–H groups in total. The molecule has 5 rings (SSSR count). The molecular weight excluding hydrogens is 376 g/mol. The lowest BCUT2D eigenvalue weighted by atomic mass is 9.99. The largest absolute Gasteiger partial charge is 0.491 e. The summed E-state index contributed by atoms with van der Waals surface area (Å²) < 4.78 is 21.7. The molecule has 0 saturated carbocycles. The number of hydrogen-bond acceptors (Lipinski definition) is 4. The van der Waals surface area contributed by atoms with Gasteiger partial charge in [0.15, 0.2) is 0 Å². The van der Waals surface area contributed by atoms with E-state index in [2.05, 4.69) is 60.7 Å². The van der Waals surface area contributed by atoms with Gasteiger partial charge in [-0.05, 0) is 46.4 Å². The van der Waals surface area contributed by atoms with Gasteiger partial charge in [-0.25, -0.2) is 0 Å². The Labute approximate surface area is 177 Å². The fourth-order valence-corrected chi connectivity index (χ4v) is 3.39. The Hall–Kier alpha value is -2.66. The first-order chi connectivity index (χ1) is 14.8. The molecule has 30 heavy (non-hydrogen) atoms. The fourth-order valence-electron chi connectivity index (χ4n) is 3.39. The van der Waals surface area contributed by atoms with Crippen LogP contribution in [0, 0.1) is 0 Å². The Kier molecular flexibility index (Phi) is 5.80. The second-order valence-corrected chi connectivity index (χ2v) is 7.85. The lowest BCUT2D eigenvalue weighted by Crippen LogP contribution is -2.04. The van der Waals surface area contributed by atoms with Crippen LogP contribution in [0.4, 0.5) is 0 Å². The summed E-state index contributed by atoms with van der Waals surface area (Å²) in [6.07, 6.45) is 1.55. The highest BCUT2D eigenvalue weighted by Gasteiger charge is 2.23. The van der Waals surface area contributed by atoms with E-state index in [0.29, 0.717) is 12.7 Å². The highest BCUT2D eigenvalue weighted by atomic mass is 16.6. The van der Waals surface area contributed by atoms with E-state index in [4.69, 9.17) is 18.9 Å². The first-order valence-electron chi connectivity index (χ1n) is 10.6. The molecule has 4 heteroatoms. The maximum atomic E-state index is 5.71. The molecule has 2 heterocycles. The highest BCUT2D eigenvalue weighted by molar-refractivity contribution is 5.70. The van der Waals surface area contributed by atoms with Crippen molar-refractivity contribution in [3.05, 3.63) is 78.4 Å². The Morgan fingerprint density at radius 2 is 1.10 bits per heavy atom. The van der Waals surface area contributed by atoms with E-state index in [9.17, 15) is 0 Å². The monoisotopic (exact) mass is 402 g/mol. The normalized spacial score (nSPS) is 19.5. The molecule has 0 bridgehead atoms. The van der Waals surface area contributed by atoms with E-state index in [1.165, 1.54) is 27.8 Å². The second kappa shape index (κ2) is 9.00. The van der Waals surface area contributed by atoms with Crippen molar-refractivity contribution in [3.8, 4) is 28.0 Å². The molecule has 2 aliphatic rings. The zero-order valence-electron chi connectivity index (χ0n) is 17.0. The summed E-state index contributed by atoms with van der Waals surface area (Å²) in [5.74, 6) is 0.886. The molecule has 2 saturated heterocycles. The van der Waals surface area contributed by atoms with Gasteiger partial charge in [0.05, 0.1) is 26.4 Å². The minimum absolute atomic E-state index is 0.280. The third-order valence-electron chi connectivity index (χ3n) is 5.44. The zero-order valence-corrected chi connectivity index (χ0v) is 17.0. The van der Waals surface area contributed by atoms with Crippen LogP contribution in [0.1, 0.15) is 5.56 Å². The van der Waals surface area contributed by atoms with E-state index in [1.54, 1.807) is 0 Å². The SMILES string of the molecule is c1cc(-c2ccc(-c3ccc(OCC4CO4)cc3)cc2)ccc1CCOCC1CO1. The van der Waals surface area contributed by atoms with Gasteiger partial charge in [0.2, 0.25) is 0 Å². The summed E-state index contributed by atoms with van der Waals surface area (Å²) in [7, 11) is 0. The van der Waals surface area contributed by atoms with Crippen LogP contribution in [-0.4, -0.2) is 45.2 Å². The average Bonchev–Trinajstić information content (AvgIpc) is 3.72. The van der Waals surface area contributed by atoms with Gasteiger partial charge in [-0.3, -0.25) is 0 Å². The van der Waals surface area contributed by atoms with Gasteiger partial charge >= 0.3 is 0 Å². The highest BCUT2D eigenvalue weighted by Crippen LogP contribution is 2.27. The summed E-state index contributed by atoms with van der Waals surface area (Å²) in [6.45, 7) is 3.76. The van der Waals surface area contributed by atoms with E-state index in [-0.39, 0.29) is 6.10 Å². The number of benzene rings is 3. The zero-order chi connectivity index (χ0) is 20.2. The molecule has 0 aromatic heterocycles. The number of epoxide rings is 2. The van der Waals surface area contributed by atoms with Gasteiger partial charge in [0.1, 0.15) is 24.6 Å². The molecule has 0 spiro atoms. The third-order valence-corrected chi connectivity index (χ3v) is 5.44. The van der Waals surface area contributed by atoms with E-state index < -0.39 is 0 Å². The summed E-state index contributed by atoms with van der Waals surface area (Å²) >= 11 is 0. The molecular formula is C26H26O4. The Morgan fingerprint density at radius 1 is 0.633 bits per heavy atom. The first-order valence-corrected chi connectivity index (χ1v) is 10.6. The predicted molar refractivity (Wildman–Crippen MR) is 117 cm³/mol. The third kappa shape index (κ3) is 5.28. The van der Waals surface area contributed by atoms with Crippen molar-refractivity contribution < 1.29 is 18.9 Å². The minimum atomic E-state index is 0.280. The van der Waals surface area contributed by atoms with Gasteiger partial charge in [-0.1, -0.05) is 60.7 Å². The average molecular weight is 402 g/mol. The van der Waals surface area contributed by atoms with Crippen LogP contribution in [0.5, 0.6) is 5.75 Å². The topological polar surface area (TPSA) is 43.5 Å². The van der Waals surface area contributed by atoms with Crippen LogP contribution in [0.2, 0.25) is 0 Å². The number of rotatable bonds is 10. The number of hydrogen-bond donors (Lipinski definition) is 0. The van der Waals surface area contributed by atoms with Gasteiger partial charge in [-0.15, -0.1) is 0 Å². The smallest absolute Gasteiger partial charge is 0.119 e. The van der Waals surface area contributed by atoms with Crippen molar-refractivity contribution in [2.45, 2.75) is 18.6 Å². The predicted octanol–water partition coefficient (Wildman–Crippen LogP) is 4.76. The van der Waals surface area contributed by atoms with E-state index in [1.807, 2.05) is 12.1 Å². The molecule has 4 nitrogen and oxygen atoms in total. The van der Waals surface area contributed by atoms with Gasteiger partial charge < -0.3 is 18.9 Å². The summed E-state index contributed by atoms with van der Waals surface area (Å²) in [5, 5.41) is 0. The molecule has 3 aromatic carbocycles. The van der Waals surface area contributed by atoms with Gasteiger partial charge in [-0.2, -0.15) is 0 Å². The van der Waals surface area contributed by atoms with Crippen molar-refractivity contribution in [3.63, 3.8) is 0 Å². The Morgan fingerprint density at radius 3 is 1.63 bits per heavy atom. The fraction of sp³-hybridized carbons (Fsp3) is 0.308. The molecule has 3 aromatic rings. The van der Waals surface area contributed by atoms with Crippen LogP contribution in [0.3, 0.4) is 0 Å². The van der Waals surface area contributed by atoms with Crippen LogP contribution in [0.15, 0.2) is 72.8 Å². The van der Waals surface area contributed by atoms with Crippen molar-refractivity contribution in [2.75, 3.05) is 33.0 Å². The van der Waals surface area contributed by atoms with Crippen LogP contribution >= 0.6 is 0 Å². The van der Waals surface area contributed by atoms with Crippen LogP contribution in [-0.2, 0) is 20.6 Å². The molecule has 2 unspecified atom stereocenters. The molecule has 0 radical (unpaired) electrons. The van der Waals surface area contributed by atoms with Crippen molar-refractivity contribution in [2.24, 2.45) is 0 Å². The molecule has 2 atom stereocenters. The summed E-state index contributed by atoms with van der Waals surface area (Å²) in [5.41, 5.74) is 6.12. The van der Waals surface area contributed by atoms with Crippen LogP contribution in [0.25, 0.3) is 22.3 Å². The quantitative estimate of drug-likeness (QED) is 0.362. The first kappa shape index (κ1) is 19.3. The van der Waals surface area contributed by atoms with E-state index >= 15 is 0 Å². The molecule has 2 aliphatic heterocycles. The maximum Gasteiger partial charge on any atom is 0.119 e. The lowest BCUT2D eigenvalue weighted by Gasteiger charge is -2.08. The van der Waals surface area contributed by atoms with Gasteiger partial charge in [0.25, 0.3) is 0 Å². The standard InChI is InChI=1S/C26H26O4/c1-3-20(4-2-19(1)13-14-27-15-25-16-29-25)21-5-7-22(8-6-21)23-9-11-24(12-10-23)28-17-26-18-30-26/h1-12,25-26H,13-18H2. The van der Waals surface area contributed by atoms with Crippen molar-refractivity contribution in [1.82, 2.24) is 0 Å². The number of ether oxygens (including phenoxy) is 4. The summed E-state index contributed by atoms with van der Waals surface area (Å²) in [4.78, 5) is 0. The maximum absolute atomic E-state index is 5.71. The van der Waals surface area contributed by atoms with Crippen molar-refractivity contribution >= 4 is 0 Å². The van der Waals surface area contributed by atoms with Crippen LogP contribution < -0.4 is 4.74 Å².